The van der Waals surface area contributed by atoms with Gasteiger partial charge in [0, 0.05) is 11.8 Å². The van der Waals surface area contributed by atoms with E-state index in [0.717, 1.165) is 0 Å². The fourth-order valence-electron chi connectivity index (χ4n) is 2.07. The average Bonchev–Trinajstić information content (AvgIpc) is 3.28. The molecule has 0 bridgehead atoms. The Bertz CT molecular complexity index is 921. The van der Waals surface area contributed by atoms with Crippen LogP contribution in [0.2, 0.25) is 0 Å². The maximum absolute atomic E-state index is 12.2. The van der Waals surface area contributed by atoms with E-state index in [9.17, 15) is 19.7 Å². The van der Waals surface area contributed by atoms with E-state index in [1.165, 1.54) is 40.9 Å². The van der Waals surface area contributed by atoms with Gasteiger partial charge in [0.1, 0.15) is 5.69 Å². The molecule has 126 valence electrons. The zero-order chi connectivity index (χ0) is 17.8. The summed E-state index contributed by atoms with van der Waals surface area (Å²) in [5, 5.41) is 19.9. The Hall–Kier alpha value is -3.04. The maximum atomic E-state index is 12.2. The van der Waals surface area contributed by atoms with E-state index in [-0.39, 0.29) is 17.3 Å². The molecule has 0 unspecified atom stereocenters. The smallest absolute Gasteiger partial charge is 0.292 e. The van der Waals surface area contributed by atoms with E-state index in [0.29, 0.717) is 15.4 Å². The maximum Gasteiger partial charge on any atom is 0.292 e. The molecule has 25 heavy (non-hydrogen) atoms. The summed E-state index contributed by atoms with van der Waals surface area (Å²) in [7, 11) is 0. The molecule has 0 saturated heterocycles. The number of nitro groups is 1. The first-order valence-electron chi connectivity index (χ1n) is 7.03. The van der Waals surface area contributed by atoms with E-state index in [4.69, 9.17) is 0 Å². The summed E-state index contributed by atoms with van der Waals surface area (Å²) in [5.74, 6) is -0.765. The van der Waals surface area contributed by atoms with Crippen LogP contribution in [0.25, 0.3) is 0 Å². The molecule has 0 aliphatic carbocycles. The first kappa shape index (κ1) is 16.8. The van der Waals surface area contributed by atoms with Gasteiger partial charge in [0.05, 0.1) is 14.7 Å². The highest BCUT2D eigenvalue weighted by molar-refractivity contribution is 7.12. The van der Waals surface area contributed by atoms with Crippen molar-refractivity contribution in [1.29, 1.82) is 0 Å². The molecular weight excluding hydrogens is 362 g/mol. The SMILES string of the molecule is O=C(Nc1ccc([N+](=O)[O-])c(NC(=O)c2cccs2)c1)c1cccs1. The molecule has 1 aromatic carbocycles. The molecule has 2 heterocycles. The molecule has 0 fully saturated rings. The lowest BCUT2D eigenvalue weighted by atomic mass is 10.2. The largest absolute Gasteiger partial charge is 0.321 e. The lowest BCUT2D eigenvalue weighted by Crippen LogP contribution is -2.13. The number of rotatable bonds is 5. The summed E-state index contributed by atoms with van der Waals surface area (Å²) in [6, 6.07) is 10.8. The molecule has 2 N–H and O–H groups in total. The Balaban J connectivity index is 1.85. The minimum Gasteiger partial charge on any atom is -0.321 e. The van der Waals surface area contributed by atoms with Crippen LogP contribution in [0.5, 0.6) is 0 Å². The van der Waals surface area contributed by atoms with Gasteiger partial charge in [0.25, 0.3) is 17.5 Å². The van der Waals surface area contributed by atoms with Gasteiger partial charge in [-0.05, 0) is 35.0 Å². The number of carbonyl (C=O) groups excluding carboxylic acids is 2. The van der Waals surface area contributed by atoms with Crippen LogP contribution >= 0.6 is 22.7 Å². The standard InChI is InChI=1S/C16H11N3O4S2/c20-15(13-3-1-7-24-13)17-10-5-6-12(19(22)23)11(9-10)18-16(21)14-4-2-8-25-14/h1-9H,(H,17,20)(H,18,21). The van der Waals surface area contributed by atoms with E-state index in [2.05, 4.69) is 10.6 Å². The second-order valence-electron chi connectivity index (χ2n) is 4.85. The number of hydrogen-bond donors (Lipinski definition) is 2. The molecule has 3 rings (SSSR count). The Labute approximate surface area is 150 Å². The monoisotopic (exact) mass is 373 g/mol. The number of hydrogen-bond acceptors (Lipinski definition) is 6. The van der Waals surface area contributed by atoms with Crippen molar-refractivity contribution in [1.82, 2.24) is 0 Å². The Kier molecular flexibility index (Phi) is 4.87. The van der Waals surface area contributed by atoms with Crippen LogP contribution in [0, 0.1) is 10.1 Å². The number of anilines is 2. The van der Waals surface area contributed by atoms with E-state index in [1.807, 2.05) is 0 Å². The van der Waals surface area contributed by atoms with Gasteiger partial charge in [0.2, 0.25) is 0 Å². The van der Waals surface area contributed by atoms with Gasteiger partial charge < -0.3 is 10.6 Å². The predicted molar refractivity (Wildman–Crippen MR) is 97.6 cm³/mol. The van der Waals surface area contributed by atoms with Crippen molar-refractivity contribution >= 4 is 51.6 Å². The van der Waals surface area contributed by atoms with Crippen LogP contribution in [0.4, 0.5) is 17.1 Å². The Morgan fingerprint density at radius 2 is 1.52 bits per heavy atom. The summed E-state index contributed by atoms with van der Waals surface area (Å²) in [5.41, 5.74) is 0.122. The zero-order valence-electron chi connectivity index (χ0n) is 12.6. The number of benzene rings is 1. The number of amides is 2. The predicted octanol–water partition coefficient (Wildman–Crippen LogP) is 4.22. The third kappa shape index (κ3) is 3.90. The number of nitrogens with zero attached hydrogens (tertiary/aromatic N) is 1. The molecule has 0 saturated carbocycles. The summed E-state index contributed by atoms with van der Waals surface area (Å²) in [6.07, 6.45) is 0. The molecule has 2 amide bonds. The van der Waals surface area contributed by atoms with Gasteiger partial charge in [-0.1, -0.05) is 12.1 Å². The van der Waals surface area contributed by atoms with Gasteiger partial charge in [-0.3, -0.25) is 19.7 Å². The summed E-state index contributed by atoms with van der Waals surface area (Å²) in [6.45, 7) is 0. The lowest BCUT2D eigenvalue weighted by Gasteiger charge is -2.08. The van der Waals surface area contributed by atoms with Crippen molar-refractivity contribution in [2.45, 2.75) is 0 Å². The first-order valence-corrected chi connectivity index (χ1v) is 8.78. The first-order chi connectivity index (χ1) is 12.0. The second-order valence-corrected chi connectivity index (χ2v) is 6.75. The molecule has 0 radical (unpaired) electrons. The van der Waals surface area contributed by atoms with Crippen LogP contribution in [0.3, 0.4) is 0 Å². The summed E-state index contributed by atoms with van der Waals surface area (Å²) >= 11 is 2.51. The molecule has 0 aliphatic heterocycles. The molecule has 0 atom stereocenters. The summed E-state index contributed by atoms with van der Waals surface area (Å²) < 4.78 is 0. The highest BCUT2D eigenvalue weighted by Gasteiger charge is 2.18. The fourth-order valence-corrected chi connectivity index (χ4v) is 3.30. The van der Waals surface area contributed by atoms with Crippen LogP contribution < -0.4 is 10.6 Å². The van der Waals surface area contributed by atoms with Gasteiger partial charge in [-0.2, -0.15) is 0 Å². The van der Waals surface area contributed by atoms with E-state index in [1.54, 1.807) is 35.0 Å². The second kappa shape index (κ2) is 7.24. The fraction of sp³-hybridized carbons (Fsp3) is 0. The molecule has 0 spiro atoms. The average molecular weight is 373 g/mol. The van der Waals surface area contributed by atoms with E-state index < -0.39 is 10.8 Å². The van der Waals surface area contributed by atoms with Crippen molar-refractivity contribution in [2.75, 3.05) is 10.6 Å². The van der Waals surface area contributed by atoms with Crippen molar-refractivity contribution in [3.05, 3.63) is 73.1 Å². The van der Waals surface area contributed by atoms with E-state index >= 15 is 0 Å². The third-order valence-electron chi connectivity index (χ3n) is 3.19. The van der Waals surface area contributed by atoms with Gasteiger partial charge >= 0.3 is 0 Å². The van der Waals surface area contributed by atoms with Gasteiger partial charge in [-0.25, -0.2) is 0 Å². The highest BCUT2D eigenvalue weighted by atomic mass is 32.1. The third-order valence-corrected chi connectivity index (χ3v) is 4.93. The molecule has 0 aliphatic rings. The quantitative estimate of drug-likeness (QED) is 0.516. The Morgan fingerprint density at radius 3 is 2.04 bits per heavy atom. The van der Waals surface area contributed by atoms with Crippen LogP contribution in [0.1, 0.15) is 19.3 Å². The Morgan fingerprint density at radius 1 is 0.920 bits per heavy atom. The number of nitrogens with one attached hydrogen (secondary N) is 2. The normalized spacial score (nSPS) is 10.2. The zero-order valence-corrected chi connectivity index (χ0v) is 14.2. The number of nitro benzene ring substituents is 1. The highest BCUT2D eigenvalue weighted by Crippen LogP contribution is 2.29. The van der Waals surface area contributed by atoms with Crippen molar-refractivity contribution in [3.8, 4) is 0 Å². The molecule has 3 aromatic rings. The molecule has 9 heteroatoms. The molecular formula is C16H11N3O4S2. The summed E-state index contributed by atoms with van der Waals surface area (Å²) in [4.78, 5) is 35.8. The van der Waals surface area contributed by atoms with Crippen LogP contribution in [-0.4, -0.2) is 16.7 Å². The number of thiophene rings is 2. The topological polar surface area (TPSA) is 101 Å². The van der Waals surface area contributed by atoms with Crippen molar-refractivity contribution in [3.63, 3.8) is 0 Å². The van der Waals surface area contributed by atoms with Crippen LogP contribution in [-0.2, 0) is 0 Å². The molecule has 7 nitrogen and oxygen atoms in total. The van der Waals surface area contributed by atoms with Crippen molar-refractivity contribution < 1.29 is 14.5 Å². The number of carbonyl (C=O) groups is 2. The minimum absolute atomic E-state index is 0.0207. The molecule has 2 aromatic heterocycles. The van der Waals surface area contributed by atoms with Crippen LogP contribution in [0.15, 0.2) is 53.2 Å². The lowest BCUT2D eigenvalue weighted by molar-refractivity contribution is -0.383. The van der Waals surface area contributed by atoms with Gasteiger partial charge in [-0.15, -0.1) is 22.7 Å². The van der Waals surface area contributed by atoms with Crippen molar-refractivity contribution in [2.24, 2.45) is 0 Å². The minimum atomic E-state index is -0.588. The van der Waals surface area contributed by atoms with Gasteiger partial charge in [0.15, 0.2) is 0 Å².